The fraction of sp³-hybridized carbons (Fsp3) is 0.375. The molecule has 22 heavy (non-hydrogen) atoms. The van der Waals surface area contributed by atoms with E-state index in [9.17, 15) is 0 Å². The average molecular weight is 315 g/mol. The lowest BCUT2D eigenvalue weighted by molar-refractivity contribution is 0.212. The van der Waals surface area contributed by atoms with Gasteiger partial charge < -0.3 is 5.32 Å². The molecule has 2 heterocycles. The number of piperidine rings is 1. The second kappa shape index (κ2) is 7.09. The van der Waals surface area contributed by atoms with E-state index in [1.165, 1.54) is 5.56 Å². The Labute approximate surface area is 135 Å². The largest absolute Gasteiger partial charge is 0.310 e. The zero-order valence-electron chi connectivity index (χ0n) is 12.7. The number of nitrogens with zero attached hydrogens (tertiary/aromatic N) is 3. The zero-order chi connectivity index (χ0) is 15.3. The molecule has 1 aromatic carbocycles. The fourth-order valence-electron chi connectivity index (χ4n) is 2.86. The van der Waals surface area contributed by atoms with Crippen LogP contribution in [0.25, 0.3) is 0 Å². The van der Waals surface area contributed by atoms with Crippen LogP contribution in [-0.4, -0.2) is 34.4 Å². The number of nitrogens with one attached hydrogen (secondary N) is 2. The van der Waals surface area contributed by atoms with Gasteiger partial charge in [-0.2, -0.15) is 0 Å². The molecule has 5 nitrogen and oxygen atoms in total. The summed E-state index contributed by atoms with van der Waals surface area (Å²) < 4.78 is 5.59. The molecule has 1 fully saturated rings. The molecule has 0 radical (unpaired) electrons. The van der Waals surface area contributed by atoms with Gasteiger partial charge in [0.25, 0.3) is 0 Å². The van der Waals surface area contributed by atoms with Gasteiger partial charge in [-0.1, -0.05) is 30.3 Å². The lowest BCUT2D eigenvalue weighted by Crippen LogP contribution is -2.48. The molecule has 0 unspecified atom stereocenters. The molecule has 3 rings (SSSR count). The van der Waals surface area contributed by atoms with Gasteiger partial charge in [0, 0.05) is 43.2 Å². The monoisotopic (exact) mass is 315 g/mol. The van der Waals surface area contributed by atoms with E-state index < -0.39 is 0 Å². The second-order valence-electron chi connectivity index (χ2n) is 5.41. The van der Waals surface area contributed by atoms with Gasteiger partial charge in [0.05, 0.1) is 6.20 Å². The summed E-state index contributed by atoms with van der Waals surface area (Å²) in [4.78, 5) is 8.28. The Hall–Kier alpha value is -1.63. The minimum atomic E-state index is 0.0882. The maximum absolute atomic E-state index is 4.22. The summed E-state index contributed by atoms with van der Waals surface area (Å²) in [6, 6.07) is 10.7. The van der Waals surface area contributed by atoms with Crippen LogP contribution in [0.3, 0.4) is 0 Å². The summed E-state index contributed by atoms with van der Waals surface area (Å²) in [5.41, 5.74) is 1.47. The molecule has 6 heteroatoms. The van der Waals surface area contributed by atoms with Gasteiger partial charge in [-0.25, -0.2) is 9.29 Å². The quantitative estimate of drug-likeness (QED) is 0.827. The Morgan fingerprint density at radius 1 is 1.14 bits per heavy atom. The van der Waals surface area contributed by atoms with E-state index in [0.29, 0.717) is 0 Å². The molecule has 116 valence electrons. The molecule has 2 N–H and O–H groups in total. The van der Waals surface area contributed by atoms with E-state index in [1.807, 2.05) is 0 Å². The molecule has 0 aliphatic carbocycles. The van der Waals surface area contributed by atoms with Crippen molar-refractivity contribution in [3.8, 4) is 0 Å². The predicted molar refractivity (Wildman–Crippen MR) is 91.2 cm³/mol. The Kier molecular flexibility index (Phi) is 4.92. The normalized spacial score (nSPS) is 18.0. The van der Waals surface area contributed by atoms with Gasteiger partial charge in [-0.05, 0) is 25.5 Å². The van der Waals surface area contributed by atoms with Crippen molar-refractivity contribution in [3.05, 3.63) is 54.5 Å². The maximum Gasteiger partial charge on any atom is 0.155 e. The molecule has 0 spiro atoms. The number of hydrogen-bond donors (Lipinski definition) is 2. The van der Waals surface area contributed by atoms with Gasteiger partial charge in [0.15, 0.2) is 5.82 Å². The maximum atomic E-state index is 4.22. The number of hydrogen-bond acceptors (Lipinski definition) is 6. The van der Waals surface area contributed by atoms with E-state index >= 15 is 0 Å². The lowest BCUT2D eigenvalue weighted by atomic mass is 9.82. The topological polar surface area (TPSA) is 53.1 Å². The summed E-state index contributed by atoms with van der Waals surface area (Å²) in [5.74, 6) is 0.793. The molecule has 1 aliphatic heterocycles. The van der Waals surface area contributed by atoms with Crippen LogP contribution in [0.1, 0.15) is 18.4 Å². The molecule has 0 atom stereocenters. The van der Waals surface area contributed by atoms with Crippen LogP contribution in [0.2, 0.25) is 0 Å². The first-order valence-corrected chi connectivity index (χ1v) is 8.28. The summed E-state index contributed by atoms with van der Waals surface area (Å²) in [7, 11) is 2.06. The highest BCUT2D eigenvalue weighted by molar-refractivity contribution is 7.98. The Balaban J connectivity index is 1.57. The first-order valence-electron chi connectivity index (χ1n) is 7.51. The Morgan fingerprint density at radius 3 is 2.55 bits per heavy atom. The molecular weight excluding hydrogens is 294 g/mol. The highest BCUT2D eigenvalue weighted by Crippen LogP contribution is 2.34. The third kappa shape index (κ3) is 3.40. The van der Waals surface area contributed by atoms with E-state index in [4.69, 9.17) is 0 Å². The van der Waals surface area contributed by atoms with Crippen molar-refractivity contribution in [1.82, 2.24) is 19.6 Å². The number of aromatic nitrogens is 2. The van der Waals surface area contributed by atoms with Crippen LogP contribution in [0.4, 0.5) is 5.82 Å². The minimum Gasteiger partial charge on any atom is -0.310 e. The highest BCUT2D eigenvalue weighted by Gasteiger charge is 2.34. The Morgan fingerprint density at radius 2 is 1.91 bits per heavy atom. The first kappa shape index (κ1) is 15.3. The van der Waals surface area contributed by atoms with E-state index in [2.05, 4.69) is 61.7 Å². The summed E-state index contributed by atoms with van der Waals surface area (Å²) >= 11 is 1.61. The Bertz CT molecular complexity index is 570. The molecule has 1 saturated heterocycles. The highest BCUT2D eigenvalue weighted by atomic mass is 32.2. The van der Waals surface area contributed by atoms with Crippen molar-refractivity contribution in [3.63, 3.8) is 0 Å². The number of anilines is 1. The van der Waals surface area contributed by atoms with Crippen molar-refractivity contribution >= 4 is 18.0 Å². The standard InChI is InChI=1S/C16H21N5S/c1-17-16(14-5-3-2-4-6-14)7-11-21(12-8-16)22-20-15-13-18-9-10-19-15/h2-6,9-10,13,17H,7-8,11-12H2,1H3,(H,19,20). The van der Waals surface area contributed by atoms with Crippen LogP contribution < -0.4 is 10.0 Å². The van der Waals surface area contributed by atoms with Crippen molar-refractivity contribution < 1.29 is 0 Å². The van der Waals surface area contributed by atoms with E-state index in [-0.39, 0.29) is 5.54 Å². The third-order valence-corrected chi connectivity index (χ3v) is 5.15. The van der Waals surface area contributed by atoms with Crippen molar-refractivity contribution in [2.24, 2.45) is 0 Å². The predicted octanol–water partition coefficient (Wildman–Crippen LogP) is 2.66. The van der Waals surface area contributed by atoms with E-state index in [1.54, 1.807) is 30.7 Å². The average Bonchev–Trinajstić information content (AvgIpc) is 2.62. The van der Waals surface area contributed by atoms with Crippen LogP contribution in [0.5, 0.6) is 0 Å². The molecular formula is C16H21N5S. The summed E-state index contributed by atoms with van der Waals surface area (Å²) in [6.45, 7) is 2.04. The van der Waals surface area contributed by atoms with Gasteiger partial charge in [0.2, 0.25) is 0 Å². The minimum absolute atomic E-state index is 0.0882. The zero-order valence-corrected chi connectivity index (χ0v) is 13.5. The van der Waals surface area contributed by atoms with Crippen LogP contribution in [-0.2, 0) is 5.54 Å². The number of rotatable bonds is 5. The molecule has 0 amide bonds. The van der Waals surface area contributed by atoms with Gasteiger partial charge >= 0.3 is 0 Å². The molecule has 2 aromatic rings. The van der Waals surface area contributed by atoms with Crippen molar-refractivity contribution in [1.29, 1.82) is 0 Å². The van der Waals surface area contributed by atoms with E-state index in [0.717, 1.165) is 31.7 Å². The van der Waals surface area contributed by atoms with Gasteiger partial charge in [-0.3, -0.25) is 9.71 Å². The molecule has 1 aromatic heterocycles. The van der Waals surface area contributed by atoms with Gasteiger partial charge in [-0.15, -0.1) is 0 Å². The van der Waals surface area contributed by atoms with Crippen molar-refractivity contribution in [2.45, 2.75) is 18.4 Å². The molecule has 1 aliphatic rings. The van der Waals surface area contributed by atoms with Gasteiger partial charge in [0.1, 0.15) is 0 Å². The SMILES string of the molecule is CNC1(c2ccccc2)CCN(SNc2cnccn2)CC1. The van der Waals surface area contributed by atoms with Crippen LogP contribution >= 0.6 is 12.1 Å². The van der Waals surface area contributed by atoms with Crippen LogP contribution in [0, 0.1) is 0 Å². The van der Waals surface area contributed by atoms with Crippen LogP contribution in [0.15, 0.2) is 48.9 Å². The first-order chi connectivity index (χ1) is 10.8. The summed E-state index contributed by atoms with van der Waals surface area (Å²) in [5, 5.41) is 3.55. The smallest absolute Gasteiger partial charge is 0.155 e. The van der Waals surface area contributed by atoms with Crippen molar-refractivity contribution in [2.75, 3.05) is 24.9 Å². The lowest BCUT2D eigenvalue weighted by Gasteiger charge is -2.41. The fourth-order valence-corrected chi connectivity index (χ4v) is 3.56. The molecule has 0 saturated carbocycles. The number of benzene rings is 1. The second-order valence-corrected chi connectivity index (χ2v) is 6.31. The molecule has 0 bridgehead atoms. The third-order valence-electron chi connectivity index (χ3n) is 4.22. The summed E-state index contributed by atoms with van der Waals surface area (Å²) in [6.07, 6.45) is 7.28.